The van der Waals surface area contributed by atoms with Gasteiger partial charge in [-0.15, -0.1) is 53.2 Å². The molecule has 3 aromatic heterocycles. The van der Waals surface area contributed by atoms with Crippen LogP contribution in [0.3, 0.4) is 0 Å². The number of hydrogen-bond acceptors (Lipinski definition) is 3. The maximum atomic E-state index is 6.38. The molecular formula is C38H40IrN2OSi-2. The Morgan fingerprint density at radius 3 is 2.19 bits per heavy atom. The zero-order valence-corrected chi connectivity index (χ0v) is 29.6. The van der Waals surface area contributed by atoms with Crippen LogP contribution in [0, 0.1) is 26.0 Å². The Bertz CT molecular complexity index is 1800. The van der Waals surface area contributed by atoms with Crippen LogP contribution >= 0.6 is 0 Å². The van der Waals surface area contributed by atoms with Crippen LogP contribution in [0.4, 0.5) is 0 Å². The average Bonchev–Trinajstić information content (AvgIpc) is 3.38. The molecule has 43 heavy (non-hydrogen) atoms. The van der Waals surface area contributed by atoms with Gasteiger partial charge in [0, 0.05) is 46.0 Å². The molecule has 3 heterocycles. The van der Waals surface area contributed by atoms with E-state index in [0.29, 0.717) is 5.92 Å². The summed E-state index contributed by atoms with van der Waals surface area (Å²) in [5.74, 6) is 0.570. The van der Waals surface area contributed by atoms with E-state index in [0.717, 1.165) is 46.5 Å². The van der Waals surface area contributed by atoms with Crippen molar-refractivity contribution >= 4 is 35.2 Å². The van der Waals surface area contributed by atoms with Gasteiger partial charge in [0.1, 0.15) is 5.58 Å². The molecule has 223 valence electrons. The third-order valence-electron chi connectivity index (χ3n) is 7.99. The van der Waals surface area contributed by atoms with Gasteiger partial charge in [-0.3, -0.25) is 0 Å². The van der Waals surface area contributed by atoms with Crippen molar-refractivity contribution in [2.24, 2.45) is 0 Å². The van der Waals surface area contributed by atoms with Crippen molar-refractivity contribution in [1.29, 1.82) is 0 Å². The van der Waals surface area contributed by atoms with E-state index >= 15 is 0 Å². The minimum Gasteiger partial charge on any atom is -0.501 e. The molecule has 0 bridgehead atoms. The molecule has 6 aromatic rings. The maximum absolute atomic E-state index is 6.38. The molecule has 0 N–H and O–H groups in total. The Balaban J connectivity index is 0.000000253. The number of aryl methyl sites for hydroxylation is 2. The third kappa shape index (κ3) is 7.07. The molecule has 0 amide bonds. The molecule has 6 rings (SSSR count). The Labute approximate surface area is 271 Å². The van der Waals surface area contributed by atoms with Gasteiger partial charge in [0.2, 0.25) is 0 Å². The molecule has 3 aromatic carbocycles. The number of fused-ring (bicyclic) bond motifs is 3. The Morgan fingerprint density at radius 1 is 0.837 bits per heavy atom. The summed E-state index contributed by atoms with van der Waals surface area (Å²) in [7, 11) is -1.56. The summed E-state index contributed by atoms with van der Waals surface area (Å²) in [6, 6.07) is 31.4. The van der Waals surface area contributed by atoms with Crippen LogP contribution in [0.25, 0.3) is 44.5 Å². The van der Waals surface area contributed by atoms with Gasteiger partial charge >= 0.3 is 0 Å². The van der Waals surface area contributed by atoms with E-state index in [1.54, 1.807) is 0 Å². The molecule has 0 aliphatic rings. The van der Waals surface area contributed by atoms with Crippen molar-refractivity contribution in [3.63, 3.8) is 0 Å². The molecular weight excluding hydrogens is 721 g/mol. The number of hydrogen-bond donors (Lipinski definition) is 0. The fraction of sp³-hybridized carbons (Fsp3) is 0.263. The zero-order chi connectivity index (χ0) is 29.9. The first-order valence-electron chi connectivity index (χ1n) is 14.9. The van der Waals surface area contributed by atoms with Crippen molar-refractivity contribution in [2.75, 3.05) is 0 Å². The molecule has 0 saturated heterocycles. The normalized spacial score (nSPS) is 11.3. The maximum Gasteiger partial charge on any atom is 0.120 e. The van der Waals surface area contributed by atoms with Gasteiger partial charge in [-0.05, 0) is 61.2 Å². The van der Waals surface area contributed by atoms with Crippen LogP contribution in [0.1, 0.15) is 49.3 Å². The van der Waals surface area contributed by atoms with Crippen molar-refractivity contribution in [3.05, 3.63) is 114 Å². The summed E-state index contributed by atoms with van der Waals surface area (Å²) in [5.41, 5.74) is 9.64. The number of aromatic nitrogens is 2. The van der Waals surface area contributed by atoms with E-state index in [4.69, 9.17) is 9.40 Å². The predicted octanol–water partition coefficient (Wildman–Crippen LogP) is 10.1. The Kier molecular flexibility index (Phi) is 10.6. The Hall–Kier alpha value is -3.37. The second kappa shape index (κ2) is 13.9. The average molecular weight is 761 g/mol. The largest absolute Gasteiger partial charge is 0.501 e. The van der Waals surface area contributed by atoms with Crippen LogP contribution in [0.5, 0.6) is 0 Å². The molecule has 3 nitrogen and oxygen atoms in total. The number of nitrogens with zero attached hydrogens (tertiary/aromatic N) is 2. The molecule has 0 unspecified atom stereocenters. The SMILES string of the molecule is CCC(CC)c1cnc(-c2[c-]cc([Si](C)(C)C)c3c2oc2ccccc23)cc1C.Cc1ccc(-c2[c-]cccc2)nc1.[Ir]. The quantitative estimate of drug-likeness (QED) is 0.125. The standard InChI is InChI=1S/C26H30NOSi.C12H10N.Ir/c1-7-18(8-2)21-16-27-22(15-17(21)3)19-13-14-24(29(4,5)6)25-20-11-9-10-12-23(20)28-26(19)25;1-10-7-8-12(13-9-10)11-5-3-2-4-6-11;/h9-12,14-16,18H,7-8H2,1-6H3;2-5,7-9H,1H3;/q2*-1;. The summed E-state index contributed by atoms with van der Waals surface area (Å²) in [6.45, 7) is 15.9. The van der Waals surface area contributed by atoms with Gasteiger partial charge in [-0.2, -0.15) is 0 Å². The topological polar surface area (TPSA) is 38.9 Å². The van der Waals surface area contributed by atoms with Gasteiger partial charge < -0.3 is 14.4 Å². The molecule has 0 atom stereocenters. The molecule has 0 saturated carbocycles. The van der Waals surface area contributed by atoms with Gasteiger partial charge in [0.25, 0.3) is 0 Å². The number of rotatable bonds is 6. The fourth-order valence-corrected chi connectivity index (χ4v) is 7.10. The number of pyridine rings is 2. The zero-order valence-electron chi connectivity index (χ0n) is 26.2. The third-order valence-corrected chi connectivity index (χ3v) is 10.0. The van der Waals surface area contributed by atoms with E-state index < -0.39 is 8.07 Å². The van der Waals surface area contributed by atoms with E-state index in [2.05, 4.69) is 100 Å². The fourth-order valence-electron chi connectivity index (χ4n) is 5.59. The van der Waals surface area contributed by atoms with Crippen LogP contribution in [-0.4, -0.2) is 18.0 Å². The smallest absolute Gasteiger partial charge is 0.120 e. The molecule has 0 fully saturated rings. The first-order valence-corrected chi connectivity index (χ1v) is 18.4. The summed E-state index contributed by atoms with van der Waals surface area (Å²) in [6.07, 6.45) is 6.22. The minimum absolute atomic E-state index is 0. The monoisotopic (exact) mass is 761 g/mol. The summed E-state index contributed by atoms with van der Waals surface area (Å²) in [5, 5.41) is 3.84. The van der Waals surface area contributed by atoms with Crippen molar-refractivity contribution in [3.8, 4) is 22.5 Å². The van der Waals surface area contributed by atoms with Crippen molar-refractivity contribution in [1.82, 2.24) is 9.97 Å². The first kappa shape index (κ1) is 32.5. The first-order chi connectivity index (χ1) is 20.2. The van der Waals surface area contributed by atoms with Gasteiger partial charge in [0.15, 0.2) is 0 Å². The second-order valence-electron chi connectivity index (χ2n) is 12.1. The summed E-state index contributed by atoms with van der Waals surface area (Å²) in [4.78, 5) is 9.18. The van der Waals surface area contributed by atoms with Crippen molar-refractivity contribution < 1.29 is 24.5 Å². The molecule has 5 heteroatoms. The van der Waals surface area contributed by atoms with E-state index in [1.165, 1.54) is 32.6 Å². The molecule has 0 aliphatic heterocycles. The number of furan rings is 1. The summed E-state index contributed by atoms with van der Waals surface area (Å²) >= 11 is 0. The van der Waals surface area contributed by atoms with E-state index in [1.807, 2.05) is 49.5 Å². The number of para-hydroxylation sites is 1. The van der Waals surface area contributed by atoms with Crippen LogP contribution < -0.4 is 5.19 Å². The van der Waals surface area contributed by atoms with E-state index in [9.17, 15) is 0 Å². The van der Waals surface area contributed by atoms with Gasteiger partial charge in [0.05, 0.1) is 5.58 Å². The molecule has 1 radical (unpaired) electrons. The van der Waals surface area contributed by atoms with Crippen LogP contribution in [0.15, 0.2) is 89.6 Å². The second-order valence-corrected chi connectivity index (χ2v) is 17.1. The summed E-state index contributed by atoms with van der Waals surface area (Å²) < 4.78 is 6.38. The van der Waals surface area contributed by atoms with Crippen LogP contribution in [0.2, 0.25) is 19.6 Å². The Morgan fingerprint density at radius 2 is 1.56 bits per heavy atom. The number of benzene rings is 3. The van der Waals surface area contributed by atoms with E-state index in [-0.39, 0.29) is 20.1 Å². The predicted molar refractivity (Wildman–Crippen MR) is 180 cm³/mol. The van der Waals surface area contributed by atoms with Crippen LogP contribution in [-0.2, 0) is 20.1 Å². The van der Waals surface area contributed by atoms with Crippen molar-refractivity contribution in [2.45, 2.75) is 66.1 Å². The minimum atomic E-state index is -1.56. The molecule has 0 spiro atoms. The van der Waals surface area contributed by atoms with Gasteiger partial charge in [-0.1, -0.05) is 86.4 Å². The molecule has 0 aliphatic carbocycles. The van der Waals surface area contributed by atoms with Gasteiger partial charge in [-0.25, -0.2) is 0 Å².